The molecule has 29 heavy (non-hydrogen) atoms. The van der Waals surface area contributed by atoms with Gasteiger partial charge in [-0.15, -0.1) is 11.3 Å². The van der Waals surface area contributed by atoms with E-state index in [1.807, 2.05) is 6.07 Å². The SMILES string of the molecule is CN(C(=O)N1CCc2nc(C(=O)Nc3ccccc3N)sc2C1)c1cccnc1. The molecule has 0 saturated carbocycles. The number of carbonyl (C=O) groups is 2. The van der Waals surface area contributed by atoms with Crippen LogP contribution in [0.15, 0.2) is 48.8 Å². The number of para-hydroxylation sites is 2. The minimum atomic E-state index is -0.298. The molecule has 0 radical (unpaired) electrons. The monoisotopic (exact) mass is 408 g/mol. The molecule has 1 aromatic carbocycles. The summed E-state index contributed by atoms with van der Waals surface area (Å²) in [6, 6.07) is 10.6. The van der Waals surface area contributed by atoms with Crippen LogP contribution in [-0.4, -0.2) is 40.4 Å². The topological polar surface area (TPSA) is 104 Å². The molecular formula is C20H20N6O2S. The number of aromatic nitrogens is 2. The highest BCUT2D eigenvalue weighted by atomic mass is 32.1. The maximum Gasteiger partial charge on any atom is 0.324 e. The number of nitrogens with one attached hydrogen (secondary N) is 1. The summed E-state index contributed by atoms with van der Waals surface area (Å²) >= 11 is 1.31. The van der Waals surface area contributed by atoms with Crippen LogP contribution in [0.25, 0.3) is 0 Å². The van der Waals surface area contributed by atoms with Gasteiger partial charge in [-0.05, 0) is 24.3 Å². The van der Waals surface area contributed by atoms with Gasteiger partial charge in [0.1, 0.15) is 0 Å². The Morgan fingerprint density at radius 3 is 2.83 bits per heavy atom. The Bertz CT molecular complexity index is 1050. The highest BCUT2D eigenvalue weighted by molar-refractivity contribution is 7.13. The molecule has 1 aliphatic rings. The molecular weight excluding hydrogens is 388 g/mol. The van der Waals surface area contributed by atoms with Gasteiger partial charge in [-0.2, -0.15) is 0 Å². The molecule has 0 atom stereocenters. The van der Waals surface area contributed by atoms with Gasteiger partial charge in [-0.1, -0.05) is 12.1 Å². The van der Waals surface area contributed by atoms with Crippen molar-refractivity contribution in [2.24, 2.45) is 0 Å². The van der Waals surface area contributed by atoms with Crippen LogP contribution < -0.4 is 16.0 Å². The average Bonchev–Trinajstić information content (AvgIpc) is 3.18. The molecule has 0 fully saturated rings. The van der Waals surface area contributed by atoms with Crippen molar-refractivity contribution < 1.29 is 9.59 Å². The third-order valence-corrected chi connectivity index (χ3v) is 5.81. The van der Waals surface area contributed by atoms with Crippen molar-refractivity contribution in [1.82, 2.24) is 14.9 Å². The smallest absolute Gasteiger partial charge is 0.324 e. The van der Waals surface area contributed by atoms with Crippen LogP contribution in [0.1, 0.15) is 20.4 Å². The maximum absolute atomic E-state index is 12.8. The Kier molecular flexibility index (Phi) is 5.13. The number of benzene rings is 1. The number of hydrogen-bond acceptors (Lipinski definition) is 6. The molecule has 0 aliphatic carbocycles. The summed E-state index contributed by atoms with van der Waals surface area (Å²) in [6.45, 7) is 0.976. The standard InChI is InChI=1S/C20H20N6O2S/c1-25(13-5-4-9-22-11-13)20(28)26-10-8-16-17(12-26)29-19(24-16)18(27)23-15-7-3-2-6-14(15)21/h2-7,9,11H,8,10,12,21H2,1H3,(H,23,27). The fourth-order valence-corrected chi connectivity index (χ4v) is 4.14. The number of thiazole rings is 1. The number of hydrogen-bond donors (Lipinski definition) is 2. The van der Waals surface area contributed by atoms with Crippen LogP contribution in [0, 0.1) is 0 Å². The molecule has 0 unspecified atom stereocenters. The molecule has 2 aromatic heterocycles. The van der Waals surface area contributed by atoms with Crippen LogP contribution in [0.3, 0.4) is 0 Å². The fraction of sp³-hybridized carbons (Fsp3) is 0.200. The zero-order chi connectivity index (χ0) is 20.4. The summed E-state index contributed by atoms with van der Waals surface area (Å²) in [4.78, 5) is 38.2. The second kappa shape index (κ2) is 7.88. The van der Waals surface area contributed by atoms with Crippen LogP contribution in [0.4, 0.5) is 21.9 Å². The lowest BCUT2D eigenvalue weighted by molar-refractivity contribution is 0.102. The molecule has 0 spiro atoms. The van der Waals surface area contributed by atoms with Gasteiger partial charge in [-0.25, -0.2) is 9.78 Å². The lowest BCUT2D eigenvalue weighted by Gasteiger charge is -2.30. The normalized spacial score (nSPS) is 12.9. The summed E-state index contributed by atoms with van der Waals surface area (Å²) < 4.78 is 0. The van der Waals surface area contributed by atoms with Gasteiger partial charge in [0, 0.05) is 31.1 Å². The predicted octanol–water partition coefficient (Wildman–Crippen LogP) is 2.99. The molecule has 4 rings (SSSR count). The first kappa shape index (κ1) is 18.9. The maximum atomic E-state index is 12.8. The molecule has 8 nitrogen and oxygen atoms in total. The Morgan fingerprint density at radius 2 is 2.07 bits per heavy atom. The number of nitrogens with two attached hydrogens (primary N) is 1. The van der Waals surface area contributed by atoms with E-state index in [0.29, 0.717) is 35.9 Å². The van der Waals surface area contributed by atoms with E-state index in [-0.39, 0.29) is 11.9 Å². The number of nitrogen functional groups attached to an aromatic ring is 1. The zero-order valence-corrected chi connectivity index (χ0v) is 16.6. The van der Waals surface area contributed by atoms with Crippen molar-refractivity contribution in [2.75, 3.05) is 29.5 Å². The Labute approximate surface area is 172 Å². The number of anilines is 3. The highest BCUT2D eigenvalue weighted by Gasteiger charge is 2.28. The quantitative estimate of drug-likeness (QED) is 0.648. The molecule has 3 heterocycles. The van der Waals surface area contributed by atoms with Gasteiger partial charge in [0.2, 0.25) is 0 Å². The highest BCUT2D eigenvalue weighted by Crippen LogP contribution is 2.27. The molecule has 3 amide bonds. The van der Waals surface area contributed by atoms with Crippen LogP contribution in [0.2, 0.25) is 0 Å². The molecule has 0 bridgehead atoms. The van der Waals surface area contributed by atoms with Crippen molar-refractivity contribution in [3.05, 3.63) is 64.4 Å². The van der Waals surface area contributed by atoms with Gasteiger partial charge in [0.05, 0.1) is 35.5 Å². The summed E-state index contributed by atoms with van der Waals surface area (Å²) in [6.07, 6.45) is 3.93. The first-order valence-corrected chi connectivity index (χ1v) is 9.91. The van der Waals surface area contributed by atoms with Crippen LogP contribution in [-0.2, 0) is 13.0 Å². The van der Waals surface area contributed by atoms with Crippen molar-refractivity contribution in [1.29, 1.82) is 0 Å². The van der Waals surface area contributed by atoms with E-state index in [1.54, 1.807) is 59.6 Å². The Hall–Kier alpha value is -3.46. The second-order valence-electron chi connectivity index (χ2n) is 6.65. The number of carbonyl (C=O) groups excluding carboxylic acids is 2. The summed E-state index contributed by atoms with van der Waals surface area (Å²) in [5.74, 6) is -0.298. The largest absolute Gasteiger partial charge is 0.397 e. The van der Waals surface area contributed by atoms with Gasteiger partial charge in [0.15, 0.2) is 5.01 Å². The number of fused-ring (bicyclic) bond motifs is 1. The molecule has 0 saturated heterocycles. The molecule has 3 aromatic rings. The molecule has 148 valence electrons. The first-order chi connectivity index (χ1) is 14.0. The van der Waals surface area contributed by atoms with E-state index in [1.165, 1.54) is 11.3 Å². The number of nitrogens with zero attached hydrogens (tertiary/aromatic N) is 4. The number of rotatable bonds is 3. The molecule has 3 N–H and O–H groups in total. The lowest BCUT2D eigenvalue weighted by Crippen LogP contribution is -2.43. The Balaban J connectivity index is 1.47. The van der Waals surface area contributed by atoms with Crippen LogP contribution >= 0.6 is 11.3 Å². The third kappa shape index (κ3) is 3.90. The van der Waals surface area contributed by atoms with E-state index in [0.717, 1.165) is 16.3 Å². The first-order valence-electron chi connectivity index (χ1n) is 9.10. The summed E-state index contributed by atoms with van der Waals surface area (Å²) in [7, 11) is 1.73. The average molecular weight is 408 g/mol. The minimum absolute atomic E-state index is 0.111. The second-order valence-corrected chi connectivity index (χ2v) is 7.74. The summed E-state index contributed by atoms with van der Waals surface area (Å²) in [5, 5.41) is 3.17. The van der Waals surface area contributed by atoms with E-state index in [9.17, 15) is 9.59 Å². The number of pyridine rings is 1. The van der Waals surface area contributed by atoms with Gasteiger partial charge < -0.3 is 16.0 Å². The van der Waals surface area contributed by atoms with Gasteiger partial charge in [-0.3, -0.25) is 14.7 Å². The number of urea groups is 1. The third-order valence-electron chi connectivity index (χ3n) is 4.73. The van der Waals surface area contributed by atoms with E-state index in [4.69, 9.17) is 5.73 Å². The Morgan fingerprint density at radius 1 is 1.24 bits per heavy atom. The fourth-order valence-electron chi connectivity index (χ4n) is 3.12. The van der Waals surface area contributed by atoms with Crippen LogP contribution in [0.5, 0.6) is 0 Å². The molecule has 1 aliphatic heterocycles. The number of amides is 3. The van der Waals surface area contributed by atoms with Crippen molar-refractivity contribution in [3.63, 3.8) is 0 Å². The minimum Gasteiger partial charge on any atom is -0.397 e. The lowest BCUT2D eigenvalue weighted by atomic mass is 10.2. The van der Waals surface area contributed by atoms with Gasteiger partial charge >= 0.3 is 6.03 Å². The van der Waals surface area contributed by atoms with Crippen molar-refractivity contribution >= 4 is 40.3 Å². The van der Waals surface area contributed by atoms with Crippen molar-refractivity contribution in [3.8, 4) is 0 Å². The van der Waals surface area contributed by atoms with Gasteiger partial charge in [0.25, 0.3) is 5.91 Å². The predicted molar refractivity (Wildman–Crippen MR) is 113 cm³/mol. The summed E-state index contributed by atoms with van der Waals surface area (Å²) in [5.41, 5.74) is 8.54. The molecule has 9 heteroatoms. The van der Waals surface area contributed by atoms with E-state index < -0.39 is 0 Å². The van der Waals surface area contributed by atoms with Crippen molar-refractivity contribution in [2.45, 2.75) is 13.0 Å². The zero-order valence-electron chi connectivity index (χ0n) is 15.8. The van der Waals surface area contributed by atoms with E-state index in [2.05, 4.69) is 15.3 Å². The van der Waals surface area contributed by atoms with E-state index >= 15 is 0 Å².